The van der Waals surface area contributed by atoms with Gasteiger partial charge in [-0.1, -0.05) is 12.1 Å². The minimum absolute atomic E-state index is 0.249. The number of fused-ring (bicyclic) bond motifs is 2. The zero-order chi connectivity index (χ0) is 16.4. The fraction of sp³-hybridized carbons (Fsp3) is 0.550. The molecule has 5 rings (SSSR count). The van der Waals surface area contributed by atoms with Gasteiger partial charge in [0.2, 0.25) is 0 Å². The third-order valence-corrected chi connectivity index (χ3v) is 6.42. The Kier molecular flexibility index (Phi) is 3.08. The zero-order valence-corrected chi connectivity index (χ0v) is 14.1. The number of aliphatic carboxylic acids is 1. The molecule has 1 aromatic heterocycles. The monoisotopic (exact) mass is 324 g/mol. The molecule has 2 aliphatic carbocycles. The maximum absolute atomic E-state index is 11.6. The molecule has 1 aromatic carbocycles. The van der Waals surface area contributed by atoms with Crippen LogP contribution in [0.3, 0.4) is 0 Å². The number of benzene rings is 1. The Morgan fingerprint density at radius 3 is 2.92 bits per heavy atom. The van der Waals surface area contributed by atoms with Crippen LogP contribution in [0, 0.1) is 11.8 Å². The fourth-order valence-electron chi connectivity index (χ4n) is 5.03. The van der Waals surface area contributed by atoms with Gasteiger partial charge in [-0.3, -0.25) is 4.79 Å². The molecule has 4 nitrogen and oxygen atoms in total. The molecule has 3 atom stereocenters. The highest BCUT2D eigenvalue weighted by Crippen LogP contribution is 2.45. The van der Waals surface area contributed by atoms with E-state index in [1.807, 2.05) is 0 Å². The van der Waals surface area contributed by atoms with Gasteiger partial charge in [0.1, 0.15) is 0 Å². The highest BCUT2D eigenvalue weighted by atomic mass is 16.4. The normalized spacial score (nSPS) is 29.6. The van der Waals surface area contributed by atoms with E-state index in [2.05, 4.69) is 40.9 Å². The summed E-state index contributed by atoms with van der Waals surface area (Å²) in [7, 11) is 2.10. The highest BCUT2D eigenvalue weighted by Gasteiger charge is 2.41. The molecule has 4 heteroatoms. The molecule has 1 unspecified atom stereocenters. The number of rotatable bonds is 3. The maximum atomic E-state index is 11.6. The van der Waals surface area contributed by atoms with Crippen LogP contribution in [0.1, 0.15) is 36.3 Å². The third-order valence-electron chi connectivity index (χ3n) is 6.42. The quantitative estimate of drug-likeness (QED) is 0.943. The van der Waals surface area contributed by atoms with Gasteiger partial charge in [-0.2, -0.15) is 0 Å². The lowest BCUT2D eigenvalue weighted by Crippen LogP contribution is -2.49. The lowest BCUT2D eigenvalue weighted by atomic mass is 9.72. The number of nitrogens with zero attached hydrogens (tertiary/aromatic N) is 2. The van der Waals surface area contributed by atoms with E-state index >= 15 is 0 Å². The summed E-state index contributed by atoms with van der Waals surface area (Å²) in [6.07, 6.45) is 6.93. The molecule has 2 aromatic rings. The van der Waals surface area contributed by atoms with E-state index in [1.54, 1.807) is 0 Å². The van der Waals surface area contributed by atoms with Crippen molar-refractivity contribution in [3.05, 3.63) is 35.5 Å². The minimum Gasteiger partial charge on any atom is -0.481 e. The average molecular weight is 324 g/mol. The van der Waals surface area contributed by atoms with Crippen LogP contribution in [0.4, 0.5) is 0 Å². The number of carbonyl (C=O) groups is 1. The summed E-state index contributed by atoms with van der Waals surface area (Å²) in [6.45, 7) is 1.81. The van der Waals surface area contributed by atoms with Gasteiger partial charge in [-0.05, 0) is 55.8 Å². The van der Waals surface area contributed by atoms with Gasteiger partial charge in [0.15, 0.2) is 0 Å². The molecule has 0 amide bonds. The first kappa shape index (κ1) is 14.5. The molecule has 1 saturated heterocycles. The summed E-state index contributed by atoms with van der Waals surface area (Å²) in [5.41, 5.74) is 4.20. The van der Waals surface area contributed by atoms with Gasteiger partial charge in [0, 0.05) is 42.1 Å². The standard InChI is InChI=1S/C20H24N2O2/c1-21-10-14(20(23)24)7-16-15-3-2-4-17-19(15)13(8-18(16)21)11-22(17)9-12-5-6-12/h2-4,11-12,14,16,18H,5-10H2,1H3,(H,23,24)/t14?,16-,18-/m1/s1. The SMILES string of the molecule is CN1CC(C(=O)O)C[C@@H]2c3cccc4c3c(cn4CC3CC3)C[C@H]21. The highest BCUT2D eigenvalue weighted by molar-refractivity contribution is 5.89. The second-order valence-electron chi connectivity index (χ2n) is 8.08. The number of hydrogen-bond acceptors (Lipinski definition) is 2. The van der Waals surface area contributed by atoms with Crippen molar-refractivity contribution in [1.29, 1.82) is 0 Å². The molecule has 126 valence electrons. The van der Waals surface area contributed by atoms with Crippen molar-refractivity contribution in [2.75, 3.05) is 13.6 Å². The summed E-state index contributed by atoms with van der Waals surface area (Å²) in [5, 5.41) is 10.9. The Bertz CT molecular complexity index is 820. The summed E-state index contributed by atoms with van der Waals surface area (Å²) in [6, 6.07) is 7.09. The maximum Gasteiger partial charge on any atom is 0.307 e. The molecule has 1 saturated carbocycles. The molecule has 1 aliphatic heterocycles. The number of carboxylic acids is 1. The van der Waals surface area contributed by atoms with Crippen LogP contribution in [0.25, 0.3) is 10.9 Å². The van der Waals surface area contributed by atoms with Crippen LogP contribution >= 0.6 is 0 Å². The van der Waals surface area contributed by atoms with Gasteiger partial charge in [0.25, 0.3) is 0 Å². The van der Waals surface area contributed by atoms with E-state index in [9.17, 15) is 9.90 Å². The summed E-state index contributed by atoms with van der Waals surface area (Å²) in [4.78, 5) is 13.8. The van der Waals surface area contributed by atoms with Crippen LogP contribution in [0.2, 0.25) is 0 Å². The molecule has 24 heavy (non-hydrogen) atoms. The molecular formula is C20H24N2O2. The largest absolute Gasteiger partial charge is 0.481 e. The predicted octanol–water partition coefficient (Wildman–Crippen LogP) is 3.10. The van der Waals surface area contributed by atoms with E-state index in [4.69, 9.17) is 0 Å². The van der Waals surface area contributed by atoms with Gasteiger partial charge < -0.3 is 14.6 Å². The third kappa shape index (κ3) is 2.12. The second kappa shape index (κ2) is 5.09. The number of carboxylic acid groups (broad SMARTS) is 1. The molecule has 2 heterocycles. The summed E-state index contributed by atoms with van der Waals surface area (Å²) >= 11 is 0. The first-order valence-electron chi connectivity index (χ1n) is 9.15. The molecule has 0 spiro atoms. The van der Waals surface area contributed by atoms with Crippen LogP contribution in [-0.2, 0) is 17.8 Å². The van der Waals surface area contributed by atoms with Crippen molar-refractivity contribution in [1.82, 2.24) is 9.47 Å². The van der Waals surface area contributed by atoms with E-state index in [0.29, 0.717) is 18.5 Å². The summed E-state index contributed by atoms with van der Waals surface area (Å²) < 4.78 is 2.46. The summed E-state index contributed by atoms with van der Waals surface area (Å²) in [5.74, 6) is 0.309. The average Bonchev–Trinajstić information content (AvgIpc) is 3.31. The zero-order valence-electron chi connectivity index (χ0n) is 14.1. The van der Waals surface area contributed by atoms with Crippen molar-refractivity contribution < 1.29 is 9.90 Å². The number of likely N-dealkylation sites (tertiary alicyclic amines) is 1. The van der Waals surface area contributed by atoms with E-state index < -0.39 is 5.97 Å². The molecule has 2 fully saturated rings. The van der Waals surface area contributed by atoms with Crippen LogP contribution in [0.15, 0.2) is 24.4 Å². The first-order chi connectivity index (χ1) is 11.6. The Balaban J connectivity index is 1.61. The predicted molar refractivity (Wildman–Crippen MR) is 93.3 cm³/mol. The number of aromatic nitrogens is 1. The van der Waals surface area contributed by atoms with Crippen molar-refractivity contribution >= 4 is 16.9 Å². The molecule has 0 radical (unpaired) electrons. The van der Waals surface area contributed by atoms with Crippen molar-refractivity contribution in [2.24, 2.45) is 11.8 Å². The Hall–Kier alpha value is -1.81. The van der Waals surface area contributed by atoms with E-state index in [0.717, 1.165) is 25.3 Å². The molecular weight excluding hydrogens is 300 g/mol. The van der Waals surface area contributed by atoms with Gasteiger partial charge >= 0.3 is 5.97 Å². The van der Waals surface area contributed by atoms with Gasteiger partial charge in [-0.25, -0.2) is 0 Å². The van der Waals surface area contributed by atoms with Crippen LogP contribution < -0.4 is 0 Å². The van der Waals surface area contributed by atoms with Crippen molar-refractivity contribution in [3.63, 3.8) is 0 Å². The Labute approximate surface area is 142 Å². The Morgan fingerprint density at radius 2 is 2.17 bits per heavy atom. The van der Waals surface area contributed by atoms with Crippen molar-refractivity contribution in [2.45, 2.75) is 44.2 Å². The molecule has 3 aliphatic rings. The first-order valence-corrected chi connectivity index (χ1v) is 9.15. The topological polar surface area (TPSA) is 45.5 Å². The van der Waals surface area contributed by atoms with E-state index in [-0.39, 0.29) is 5.92 Å². The van der Waals surface area contributed by atoms with E-state index in [1.165, 1.54) is 34.9 Å². The van der Waals surface area contributed by atoms with Crippen LogP contribution in [0.5, 0.6) is 0 Å². The lowest BCUT2D eigenvalue weighted by molar-refractivity contribution is -0.144. The van der Waals surface area contributed by atoms with Crippen molar-refractivity contribution in [3.8, 4) is 0 Å². The number of likely N-dealkylation sites (N-methyl/N-ethyl adjacent to an activating group) is 1. The van der Waals surface area contributed by atoms with Gasteiger partial charge in [-0.15, -0.1) is 0 Å². The number of piperidine rings is 1. The Morgan fingerprint density at radius 1 is 1.33 bits per heavy atom. The molecule has 1 N–H and O–H groups in total. The smallest absolute Gasteiger partial charge is 0.307 e. The number of hydrogen-bond donors (Lipinski definition) is 1. The fourth-order valence-corrected chi connectivity index (χ4v) is 5.03. The second-order valence-corrected chi connectivity index (χ2v) is 8.08. The minimum atomic E-state index is -0.649. The lowest BCUT2D eigenvalue weighted by Gasteiger charge is -2.44. The van der Waals surface area contributed by atoms with Crippen LogP contribution in [-0.4, -0.2) is 40.2 Å². The van der Waals surface area contributed by atoms with Gasteiger partial charge in [0.05, 0.1) is 5.92 Å². The molecule has 0 bridgehead atoms.